The third-order valence-electron chi connectivity index (χ3n) is 5.57. The minimum absolute atomic E-state index is 0.0273. The molecule has 0 heterocycles. The van der Waals surface area contributed by atoms with Crippen molar-refractivity contribution in [1.29, 1.82) is 0 Å². The lowest BCUT2D eigenvalue weighted by atomic mass is 9.97. The Kier molecular flexibility index (Phi) is 19.6. The molecule has 0 spiro atoms. The van der Waals surface area contributed by atoms with Gasteiger partial charge in [0.25, 0.3) is 0 Å². The van der Waals surface area contributed by atoms with E-state index in [1.54, 1.807) is 0 Å². The Labute approximate surface area is 219 Å². The summed E-state index contributed by atoms with van der Waals surface area (Å²) in [7, 11) is 0. The molecule has 0 radical (unpaired) electrons. The van der Waals surface area contributed by atoms with Crippen molar-refractivity contribution < 1.29 is 42.8 Å². The first-order valence-electron chi connectivity index (χ1n) is 12.9. The molecule has 0 atom stereocenters. The van der Waals surface area contributed by atoms with Crippen molar-refractivity contribution in [2.45, 2.75) is 63.7 Å². The largest absolute Gasteiger partial charge is 0.463 e. The predicted molar refractivity (Wildman–Crippen MR) is 137 cm³/mol. The van der Waals surface area contributed by atoms with Crippen molar-refractivity contribution in [1.82, 2.24) is 5.32 Å². The second kappa shape index (κ2) is 21.7. The summed E-state index contributed by atoms with van der Waals surface area (Å²) >= 11 is 1.89. The van der Waals surface area contributed by atoms with Crippen LogP contribution in [0, 0.1) is 5.92 Å². The van der Waals surface area contributed by atoms with Gasteiger partial charge in [0.2, 0.25) is 0 Å². The number of rotatable bonds is 21. The van der Waals surface area contributed by atoms with Crippen LogP contribution in [-0.2, 0) is 38.0 Å². The maximum absolute atomic E-state index is 11.8. The number of thioether (sulfide) groups is 1. The Bertz CT molecular complexity index is 598. The van der Waals surface area contributed by atoms with Crippen LogP contribution in [0.1, 0.15) is 52.4 Å². The first-order valence-corrected chi connectivity index (χ1v) is 14.2. The zero-order valence-electron chi connectivity index (χ0n) is 22.1. The molecular weight excluding hydrogens is 490 g/mol. The van der Waals surface area contributed by atoms with Gasteiger partial charge in [-0.15, -0.1) is 0 Å². The summed E-state index contributed by atoms with van der Waals surface area (Å²) in [6.45, 7) is 7.43. The van der Waals surface area contributed by atoms with E-state index in [0.29, 0.717) is 58.0 Å². The number of carbonyl (C=O) groups is 3. The fourth-order valence-corrected chi connectivity index (χ4v) is 4.11. The number of alkyl carbamates (subject to hydrolysis) is 1. The van der Waals surface area contributed by atoms with Crippen molar-refractivity contribution in [2.75, 3.05) is 72.3 Å². The molecule has 0 bridgehead atoms. The highest BCUT2D eigenvalue weighted by atomic mass is 32.2. The summed E-state index contributed by atoms with van der Waals surface area (Å²) in [5.41, 5.74) is 0. The summed E-state index contributed by atoms with van der Waals surface area (Å²) in [6.07, 6.45) is 6.17. The molecule has 36 heavy (non-hydrogen) atoms. The van der Waals surface area contributed by atoms with Gasteiger partial charge in [0.05, 0.1) is 59.3 Å². The number of ether oxygens (including phenoxy) is 6. The Morgan fingerprint density at radius 1 is 0.778 bits per heavy atom. The standard InChI is InChI=1S/C25H45NO9S/c1-20(2)23(27)8-9-24(28)34-19-18-33-17-16-32-15-14-31-13-12-30-11-10-26-25(29)35-21-4-6-22(36-3)7-5-21/h20-22H,4-19H2,1-3H3,(H,26,29). The molecule has 10 nitrogen and oxygen atoms in total. The van der Waals surface area contributed by atoms with Gasteiger partial charge >= 0.3 is 12.1 Å². The summed E-state index contributed by atoms with van der Waals surface area (Å²) in [5, 5.41) is 3.41. The van der Waals surface area contributed by atoms with Gasteiger partial charge in [-0.1, -0.05) is 13.8 Å². The lowest BCUT2D eigenvalue weighted by Crippen LogP contribution is -2.33. The zero-order chi connectivity index (χ0) is 26.4. The maximum Gasteiger partial charge on any atom is 0.407 e. The first-order chi connectivity index (χ1) is 17.4. The van der Waals surface area contributed by atoms with E-state index < -0.39 is 0 Å². The van der Waals surface area contributed by atoms with Crippen LogP contribution in [0.2, 0.25) is 0 Å². The molecule has 210 valence electrons. The Balaban J connectivity index is 1.77. The van der Waals surface area contributed by atoms with E-state index in [1.807, 2.05) is 25.6 Å². The van der Waals surface area contributed by atoms with Crippen molar-refractivity contribution >= 4 is 29.6 Å². The van der Waals surface area contributed by atoms with Gasteiger partial charge in [0.1, 0.15) is 18.5 Å². The molecule has 0 aromatic rings. The minimum Gasteiger partial charge on any atom is -0.463 e. The van der Waals surface area contributed by atoms with Gasteiger partial charge in [-0.3, -0.25) is 9.59 Å². The molecular formula is C25H45NO9S. The summed E-state index contributed by atoms with van der Waals surface area (Å²) in [5.74, 6) is -0.393. The monoisotopic (exact) mass is 535 g/mol. The number of esters is 1. The van der Waals surface area contributed by atoms with Crippen LogP contribution in [-0.4, -0.2) is 101 Å². The fraction of sp³-hybridized carbons (Fsp3) is 0.880. The van der Waals surface area contributed by atoms with E-state index in [-0.39, 0.29) is 55.9 Å². The molecule has 0 unspecified atom stereocenters. The highest BCUT2D eigenvalue weighted by molar-refractivity contribution is 7.99. The summed E-state index contributed by atoms with van der Waals surface area (Å²) < 4.78 is 32.0. The Hall–Kier alpha value is -1.40. The number of amides is 1. The van der Waals surface area contributed by atoms with E-state index in [0.717, 1.165) is 25.7 Å². The molecule has 11 heteroatoms. The molecule has 1 fully saturated rings. The van der Waals surface area contributed by atoms with Gasteiger partial charge < -0.3 is 33.7 Å². The van der Waals surface area contributed by atoms with E-state index in [9.17, 15) is 14.4 Å². The van der Waals surface area contributed by atoms with Crippen LogP contribution in [0.3, 0.4) is 0 Å². The van der Waals surface area contributed by atoms with E-state index in [1.165, 1.54) is 0 Å². The van der Waals surface area contributed by atoms with E-state index >= 15 is 0 Å². The average molecular weight is 536 g/mol. The van der Waals surface area contributed by atoms with Gasteiger partial charge in [0.15, 0.2) is 0 Å². The second-order valence-electron chi connectivity index (χ2n) is 8.76. The average Bonchev–Trinajstić information content (AvgIpc) is 2.87. The van der Waals surface area contributed by atoms with Crippen LogP contribution in [0.25, 0.3) is 0 Å². The lowest BCUT2D eigenvalue weighted by Gasteiger charge is -2.27. The van der Waals surface area contributed by atoms with E-state index in [2.05, 4.69) is 11.6 Å². The van der Waals surface area contributed by atoms with Crippen molar-refractivity contribution in [2.24, 2.45) is 5.92 Å². The first kappa shape index (κ1) is 32.6. The van der Waals surface area contributed by atoms with Crippen LogP contribution < -0.4 is 5.32 Å². The number of Topliss-reactive ketones (excluding diaryl/α,β-unsaturated/α-hetero) is 1. The number of hydrogen-bond donors (Lipinski definition) is 1. The Morgan fingerprint density at radius 2 is 1.31 bits per heavy atom. The van der Waals surface area contributed by atoms with Crippen molar-refractivity contribution in [3.05, 3.63) is 0 Å². The third kappa shape index (κ3) is 17.9. The molecule has 1 N–H and O–H groups in total. The molecule has 0 aliphatic heterocycles. The lowest BCUT2D eigenvalue weighted by molar-refractivity contribution is -0.146. The smallest absolute Gasteiger partial charge is 0.407 e. The summed E-state index contributed by atoms with van der Waals surface area (Å²) in [4.78, 5) is 34.8. The summed E-state index contributed by atoms with van der Waals surface area (Å²) in [6, 6.07) is 0. The van der Waals surface area contributed by atoms with Gasteiger partial charge in [-0.25, -0.2) is 4.79 Å². The van der Waals surface area contributed by atoms with Crippen LogP contribution in [0.15, 0.2) is 0 Å². The van der Waals surface area contributed by atoms with Gasteiger partial charge in [-0.2, -0.15) is 11.8 Å². The molecule has 1 saturated carbocycles. The SMILES string of the molecule is CSC1CCC(OC(=O)NCCOCCOCCOCCOCCOC(=O)CCC(=O)C(C)C)CC1. The minimum atomic E-state index is -0.386. The van der Waals surface area contributed by atoms with Crippen molar-refractivity contribution in [3.63, 3.8) is 0 Å². The maximum atomic E-state index is 11.8. The highest BCUT2D eigenvalue weighted by Crippen LogP contribution is 2.28. The van der Waals surface area contributed by atoms with E-state index in [4.69, 9.17) is 28.4 Å². The second-order valence-corrected chi connectivity index (χ2v) is 9.90. The normalized spacial score (nSPS) is 17.7. The quantitative estimate of drug-likeness (QED) is 0.174. The molecule has 1 aliphatic rings. The molecule has 0 aromatic heterocycles. The molecule has 0 aromatic carbocycles. The number of nitrogens with one attached hydrogen (secondary N) is 1. The molecule has 1 amide bonds. The Morgan fingerprint density at radius 3 is 1.83 bits per heavy atom. The predicted octanol–water partition coefficient (Wildman–Crippen LogP) is 3.00. The van der Waals surface area contributed by atoms with Crippen LogP contribution in [0.5, 0.6) is 0 Å². The fourth-order valence-electron chi connectivity index (χ4n) is 3.37. The zero-order valence-corrected chi connectivity index (χ0v) is 22.9. The molecule has 1 aliphatic carbocycles. The number of carbonyl (C=O) groups excluding carboxylic acids is 3. The van der Waals surface area contributed by atoms with Crippen molar-refractivity contribution in [3.8, 4) is 0 Å². The highest BCUT2D eigenvalue weighted by Gasteiger charge is 2.23. The van der Waals surface area contributed by atoms with Gasteiger partial charge in [0, 0.05) is 24.1 Å². The molecule has 0 saturated heterocycles. The number of ketones is 1. The third-order valence-corrected chi connectivity index (χ3v) is 6.71. The molecule has 1 rings (SSSR count). The van der Waals surface area contributed by atoms with Crippen LogP contribution in [0.4, 0.5) is 4.79 Å². The topological polar surface area (TPSA) is 119 Å². The van der Waals surface area contributed by atoms with Crippen LogP contribution >= 0.6 is 11.8 Å². The number of hydrogen-bond acceptors (Lipinski definition) is 10. The van der Waals surface area contributed by atoms with Gasteiger partial charge in [-0.05, 0) is 31.9 Å².